The molecule has 0 atom stereocenters. The van der Waals surface area contributed by atoms with Crippen LogP contribution in [0.5, 0.6) is 0 Å². The molecule has 1 aromatic carbocycles. The Hall–Kier alpha value is -3.00. The van der Waals surface area contributed by atoms with Crippen LogP contribution in [0.25, 0.3) is 4.96 Å². The van der Waals surface area contributed by atoms with Crippen molar-refractivity contribution in [2.75, 3.05) is 5.32 Å². The van der Waals surface area contributed by atoms with Gasteiger partial charge in [-0.05, 0) is 24.3 Å². The van der Waals surface area contributed by atoms with Crippen molar-refractivity contribution in [2.24, 2.45) is 0 Å². The second kappa shape index (κ2) is 7.27. The number of esters is 1. The SMILES string of the molecule is CCC(=O)Nc1ccc(C(=O)OCc2cc(=O)n3ccsc3n2)cc1. The van der Waals surface area contributed by atoms with Gasteiger partial charge in [0.1, 0.15) is 6.61 Å². The van der Waals surface area contributed by atoms with Crippen LogP contribution in [0.3, 0.4) is 0 Å². The molecular formula is C17H15N3O4S. The van der Waals surface area contributed by atoms with Crippen molar-refractivity contribution in [3.05, 3.63) is 63.5 Å². The van der Waals surface area contributed by atoms with E-state index in [1.165, 1.54) is 21.8 Å². The molecule has 7 nitrogen and oxygen atoms in total. The number of ether oxygens (including phenoxy) is 1. The van der Waals surface area contributed by atoms with Crippen molar-refractivity contribution in [3.8, 4) is 0 Å². The number of carbonyl (C=O) groups is 2. The zero-order chi connectivity index (χ0) is 17.8. The van der Waals surface area contributed by atoms with E-state index in [0.717, 1.165) is 0 Å². The molecule has 25 heavy (non-hydrogen) atoms. The van der Waals surface area contributed by atoms with E-state index < -0.39 is 5.97 Å². The molecular weight excluding hydrogens is 342 g/mol. The van der Waals surface area contributed by atoms with E-state index in [9.17, 15) is 14.4 Å². The van der Waals surface area contributed by atoms with Crippen LogP contribution in [0.2, 0.25) is 0 Å². The molecule has 0 fully saturated rings. The van der Waals surface area contributed by atoms with Gasteiger partial charge >= 0.3 is 5.97 Å². The normalized spacial score (nSPS) is 10.6. The van der Waals surface area contributed by atoms with Gasteiger partial charge < -0.3 is 10.1 Å². The number of nitrogens with one attached hydrogen (secondary N) is 1. The molecule has 1 N–H and O–H groups in total. The van der Waals surface area contributed by atoms with Gasteiger partial charge in [-0.2, -0.15) is 0 Å². The summed E-state index contributed by atoms with van der Waals surface area (Å²) in [5.74, 6) is -0.627. The molecule has 0 radical (unpaired) electrons. The minimum atomic E-state index is -0.526. The number of nitrogens with zero attached hydrogens (tertiary/aromatic N) is 2. The molecule has 128 valence electrons. The zero-order valence-corrected chi connectivity index (χ0v) is 14.2. The summed E-state index contributed by atoms with van der Waals surface area (Å²) in [5.41, 5.74) is 1.14. The van der Waals surface area contributed by atoms with Gasteiger partial charge in [0, 0.05) is 29.8 Å². The maximum absolute atomic E-state index is 12.1. The summed E-state index contributed by atoms with van der Waals surface area (Å²) in [6, 6.07) is 7.74. The third-order valence-corrected chi connectivity index (χ3v) is 4.19. The van der Waals surface area contributed by atoms with Gasteiger partial charge in [0.2, 0.25) is 5.91 Å². The maximum Gasteiger partial charge on any atom is 0.338 e. The fourth-order valence-corrected chi connectivity index (χ4v) is 2.86. The molecule has 1 amide bonds. The first-order valence-corrected chi connectivity index (χ1v) is 8.47. The highest BCUT2D eigenvalue weighted by molar-refractivity contribution is 7.15. The lowest BCUT2D eigenvalue weighted by atomic mass is 10.2. The number of carbonyl (C=O) groups excluding carboxylic acids is 2. The van der Waals surface area contributed by atoms with Crippen molar-refractivity contribution in [1.82, 2.24) is 9.38 Å². The number of aromatic nitrogens is 2. The molecule has 0 aliphatic heterocycles. The van der Waals surface area contributed by atoms with E-state index in [1.807, 2.05) is 0 Å². The summed E-state index contributed by atoms with van der Waals surface area (Å²) in [6.45, 7) is 1.67. The van der Waals surface area contributed by atoms with Crippen LogP contribution in [-0.2, 0) is 16.1 Å². The molecule has 0 aliphatic carbocycles. The first-order valence-electron chi connectivity index (χ1n) is 7.59. The lowest BCUT2D eigenvalue weighted by Crippen LogP contribution is -2.14. The van der Waals surface area contributed by atoms with E-state index in [0.29, 0.717) is 28.3 Å². The van der Waals surface area contributed by atoms with E-state index in [1.54, 1.807) is 42.8 Å². The monoisotopic (exact) mass is 357 g/mol. The molecule has 0 unspecified atom stereocenters. The Labute approximate surface area is 146 Å². The molecule has 8 heteroatoms. The van der Waals surface area contributed by atoms with E-state index in [-0.39, 0.29) is 18.1 Å². The summed E-state index contributed by atoms with van der Waals surface area (Å²) in [5, 5.41) is 4.46. The highest BCUT2D eigenvalue weighted by atomic mass is 32.1. The number of benzene rings is 1. The lowest BCUT2D eigenvalue weighted by Gasteiger charge is -2.06. The maximum atomic E-state index is 12.1. The highest BCUT2D eigenvalue weighted by Gasteiger charge is 2.10. The molecule has 2 aromatic heterocycles. The van der Waals surface area contributed by atoms with Crippen molar-refractivity contribution < 1.29 is 14.3 Å². The first-order chi connectivity index (χ1) is 12.1. The molecule has 0 bridgehead atoms. The topological polar surface area (TPSA) is 89.8 Å². The summed E-state index contributed by atoms with van der Waals surface area (Å²) in [4.78, 5) is 40.1. The fraction of sp³-hybridized carbons (Fsp3) is 0.176. The van der Waals surface area contributed by atoms with Gasteiger partial charge in [-0.15, -0.1) is 11.3 Å². The van der Waals surface area contributed by atoms with Crippen molar-refractivity contribution in [1.29, 1.82) is 0 Å². The minimum Gasteiger partial charge on any atom is -0.456 e. The average molecular weight is 357 g/mol. The van der Waals surface area contributed by atoms with Gasteiger partial charge in [0.25, 0.3) is 5.56 Å². The van der Waals surface area contributed by atoms with Crippen LogP contribution in [0, 0.1) is 0 Å². The van der Waals surface area contributed by atoms with Crippen molar-refractivity contribution in [2.45, 2.75) is 20.0 Å². The average Bonchev–Trinajstić information content (AvgIpc) is 3.09. The van der Waals surface area contributed by atoms with Crippen LogP contribution < -0.4 is 10.9 Å². The largest absolute Gasteiger partial charge is 0.456 e. The number of thiazole rings is 1. The lowest BCUT2D eigenvalue weighted by molar-refractivity contribution is -0.115. The second-order valence-corrected chi connectivity index (χ2v) is 6.07. The van der Waals surface area contributed by atoms with Crippen LogP contribution in [0.4, 0.5) is 5.69 Å². The van der Waals surface area contributed by atoms with E-state index >= 15 is 0 Å². The van der Waals surface area contributed by atoms with Crippen LogP contribution >= 0.6 is 11.3 Å². The second-order valence-electron chi connectivity index (χ2n) is 5.20. The predicted octanol–water partition coefficient (Wildman–Crippen LogP) is 2.46. The summed E-state index contributed by atoms with van der Waals surface area (Å²) in [7, 11) is 0. The zero-order valence-electron chi connectivity index (χ0n) is 13.4. The molecule has 0 spiro atoms. The van der Waals surface area contributed by atoms with Gasteiger partial charge in [0.05, 0.1) is 11.3 Å². The minimum absolute atomic E-state index is 0.0865. The van der Waals surface area contributed by atoms with Gasteiger partial charge in [-0.1, -0.05) is 6.92 Å². The number of amides is 1. The molecule has 0 saturated carbocycles. The molecule has 0 saturated heterocycles. The van der Waals surface area contributed by atoms with E-state index in [4.69, 9.17) is 4.74 Å². The number of hydrogen-bond donors (Lipinski definition) is 1. The first kappa shape index (κ1) is 16.8. The molecule has 3 aromatic rings. The van der Waals surface area contributed by atoms with Gasteiger partial charge in [-0.3, -0.25) is 14.0 Å². The third-order valence-electron chi connectivity index (χ3n) is 3.43. The van der Waals surface area contributed by atoms with Crippen molar-refractivity contribution in [3.63, 3.8) is 0 Å². The highest BCUT2D eigenvalue weighted by Crippen LogP contribution is 2.12. The third kappa shape index (κ3) is 3.92. The number of rotatable bonds is 5. The summed E-state index contributed by atoms with van der Waals surface area (Å²) < 4.78 is 6.63. The van der Waals surface area contributed by atoms with E-state index in [2.05, 4.69) is 10.3 Å². The van der Waals surface area contributed by atoms with Crippen LogP contribution in [0.1, 0.15) is 29.4 Å². The Morgan fingerprint density at radius 2 is 2.04 bits per heavy atom. The predicted molar refractivity (Wildman–Crippen MR) is 93.8 cm³/mol. The molecule has 3 rings (SSSR count). The molecule has 2 heterocycles. The Morgan fingerprint density at radius 3 is 2.76 bits per heavy atom. The Morgan fingerprint density at radius 1 is 1.28 bits per heavy atom. The smallest absolute Gasteiger partial charge is 0.338 e. The summed E-state index contributed by atoms with van der Waals surface area (Å²) in [6.07, 6.45) is 2.02. The standard InChI is InChI=1S/C17H15N3O4S/c1-2-14(21)18-12-5-3-11(4-6-12)16(23)24-10-13-9-15(22)20-7-8-25-17(20)19-13/h3-9H,2,10H2,1H3,(H,18,21). The Balaban J connectivity index is 1.65. The Bertz CT molecular complexity index is 975. The summed E-state index contributed by atoms with van der Waals surface area (Å²) >= 11 is 1.33. The number of anilines is 1. The van der Waals surface area contributed by atoms with Crippen LogP contribution in [-0.4, -0.2) is 21.3 Å². The molecule has 0 aliphatic rings. The Kier molecular flexibility index (Phi) is 4.90. The van der Waals surface area contributed by atoms with Gasteiger partial charge in [-0.25, -0.2) is 9.78 Å². The van der Waals surface area contributed by atoms with Crippen LogP contribution in [0.15, 0.2) is 46.7 Å². The van der Waals surface area contributed by atoms with Gasteiger partial charge in [0.15, 0.2) is 4.96 Å². The van der Waals surface area contributed by atoms with Crippen molar-refractivity contribution >= 4 is 33.9 Å². The number of fused-ring (bicyclic) bond motifs is 1. The quantitative estimate of drug-likeness (QED) is 0.709. The fourth-order valence-electron chi connectivity index (χ4n) is 2.12. The number of hydrogen-bond acceptors (Lipinski definition) is 6.